The maximum atomic E-state index is 10.9. The summed E-state index contributed by atoms with van der Waals surface area (Å²) in [6.07, 6.45) is 2.55. The van der Waals surface area contributed by atoms with E-state index in [1.165, 1.54) is 12.2 Å². The molecular formula is C8H12O4S2. The van der Waals surface area contributed by atoms with E-state index in [2.05, 4.69) is 13.2 Å². The second-order valence-corrected chi connectivity index (χ2v) is 6.45. The van der Waals surface area contributed by atoms with Gasteiger partial charge in [-0.25, -0.2) is 16.8 Å². The van der Waals surface area contributed by atoms with Crippen molar-refractivity contribution in [2.75, 3.05) is 11.5 Å². The molecule has 0 aliphatic carbocycles. The average molecular weight is 236 g/mol. The summed E-state index contributed by atoms with van der Waals surface area (Å²) >= 11 is 0. The van der Waals surface area contributed by atoms with Crippen molar-refractivity contribution in [3.05, 3.63) is 36.1 Å². The van der Waals surface area contributed by atoms with Gasteiger partial charge in [-0.1, -0.05) is 25.3 Å². The summed E-state index contributed by atoms with van der Waals surface area (Å²) in [5, 5.41) is 1.67. The van der Waals surface area contributed by atoms with Crippen LogP contribution < -0.4 is 0 Å². The van der Waals surface area contributed by atoms with Gasteiger partial charge in [0.25, 0.3) is 0 Å². The van der Waals surface area contributed by atoms with E-state index in [0.717, 1.165) is 10.8 Å². The van der Waals surface area contributed by atoms with Gasteiger partial charge in [0.2, 0.25) is 0 Å². The van der Waals surface area contributed by atoms with Crippen molar-refractivity contribution in [3.8, 4) is 0 Å². The Labute approximate surface area is 84.5 Å². The molecule has 6 heteroatoms. The maximum Gasteiger partial charge on any atom is 0.174 e. The number of hydrogen-bond acceptors (Lipinski definition) is 4. The zero-order valence-corrected chi connectivity index (χ0v) is 9.22. The first-order valence-electron chi connectivity index (χ1n) is 3.68. The molecule has 14 heavy (non-hydrogen) atoms. The molecule has 0 aliphatic heterocycles. The van der Waals surface area contributed by atoms with E-state index in [1.54, 1.807) is 0 Å². The predicted molar refractivity (Wildman–Crippen MR) is 57.1 cm³/mol. The quantitative estimate of drug-likeness (QED) is 0.635. The Bertz CT molecular complexity index is 384. The van der Waals surface area contributed by atoms with E-state index in [0.29, 0.717) is 0 Å². The van der Waals surface area contributed by atoms with Crippen LogP contribution in [0.3, 0.4) is 0 Å². The topological polar surface area (TPSA) is 68.3 Å². The van der Waals surface area contributed by atoms with Gasteiger partial charge in [-0.2, -0.15) is 0 Å². The first-order valence-corrected chi connectivity index (χ1v) is 7.11. The monoisotopic (exact) mass is 236 g/mol. The van der Waals surface area contributed by atoms with Gasteiger partial charge in [0.05, 0.1) is 11.5 Å². The molecule has 0 aromatic heterocycles. The molecule has 0 fully saturated rings. The summed E-state index contributed by atoms with van der Waals surface area (Å²) < 4.78 is 43.4. The minimum atomic E-state index is -3.29. The summed E-state index contributed by atoms with van der Waals surface area (Å²) in [4.78, 5) is 0. The Morgan fingerprint density at radius 2 is 1.07 bits per heavy atom. The molecule has 0 atom stereocenters. The second-order valence-electron chi connectivity index (χ2n) is 2.46. The van der Waals surface area contributed by atoms with E-state index in [9.17, 15) is 16.8 Å². The van der Waals surface area contributed by atoms with Gasteiger partial charge in [-0.05, 0) is 0 Å². The lowest BCUT2D eigenvalue weighted by Crippen LogP contribution is -2.01. The van der Waals surface area contributed by atoms with Crippen LogP contribution in [0.1, 0.15) is 0 Å². The van der Waals surface area contributed by atoms with Crippen LogP contribution in [-0.2, 0) is 19.7 Å². The predicted octanol–water partition coefficient (Wildman–Crippen LogP) is 0.659. The van der Waals surface area contributed by atoms with Crippen LogP contribution in [0.5, 0.6) is 0 Å². The Kier molecular flexibility index (Phi) is 4.79. The fraction of sp³-hybridized carbons (Fsp3) is 0.250. The van der Waals surface area contributed by atoms with Crippen LogP contribution >= 0.6 is 0 Å². The highest BCUT2D eigenvalue weighted by atomic mass is 32.2. The smallest absolute Gasteiger partial charge is 0.174 e. The van der Waals surface area contributed by atoms with E-state index in [1.807, 2.05) is 0 Å². The van der Waals surface area contributed by atoms with Gasteiger partial charge in [0, 0.05) is 10.8 Å². The molecule has 0 saturated heterocycles. The van der Waals surface area contributed by atoms with Crippen LogP contribution in [0.4, 0.5) is 0 Å². The lowest BCUT2D eigenvalue weighted by atomic mass is 10.6. The zero-order valence-electron chi connectivity index (χ0n) is 7.59. The summed E-state index contributed by atoms with van der Waals surface area (Å²) in [6.45, 7) is 6.24. The molecule has 0 saturated carbocycles. The molecule has 0 aliphatic rings. The number of rotatable bonds is 6. The van der Waals surface area contributed by atoms with Gasteiger partial charge >= 0.3 is 0 Å². The number of hydrogen-bond donors (Lipinski definition) is 0. The minimum Gasteiger partial charge on any atom is -0.224 e. The van der Waals surface area contributed by atoms with Crippen molar-refractivity contribution in [1.82, 2.24) is 0 Å². The largest absolute Gasteiger partial charge is 0.224 e. The molecule has 0 bridgehead atoms. The highest BCUT2D eigenvalue weighted by Gasteiger charge is 2.02. The molecule has 0 aromatic carbocycles. The highest BCUT2D eigenvalue weighted by Crippen LogP contribution is 1.94. The van der Waals surface area contributed by atoms with Crippen LogP contribution in [0.2, 0.25) is 0 Å². The zero-order chi connectivity index (χ0) is 11.2. The molecule has 0 amide bonds. The Morgan fingerprint density at radius 1 is 0.786 bits per heavy atom. The van der Waals surface area contributed by atoms with E-state index in [4.69, 9.17) is 0 Å². The molecular weight excluding hydrogens is 224 g/mol. The standard InChI is InChI=1S/C8H12O4S2/c1-3-13(9,10)7-5-6-8-14(11,12)4-2/h3-6H,1-2,7-8H2. The Morgan fingerprint density at radius 3 is 1.29 bits per heavy atom. The lowest BCUT2D eigenvalue weighted by molar-refractivity contribution is 0.605. The lowest BCUT2D eigenvalue weighted by Gasteiger charge is -1.92. The Hall–Kier alpha value is -0.880. The molecule has 0 spiro atoms. The third-order valence-corrected chi connectivity index (χ3v) is 3.66. The molecule has 0 heterocycles. The van der Waals surface area contributed by atoms with Crippen molar-refractivity contribution in [2.24, 2.45) is 0 Å². The first kappa shape index (κ1) is 13.1. The van der Waals surface area contributed by atoms with Gasteiger partial charge < -0.3 is 0 Å². The molecule has 0 radical (unpaired) electrons. The summed E-state index contributed by atoms with van der Waals surface area (Å²) in [7, 11) is -6.58. The van der Waals surface area contributed by atoms with Crippen LogP contribution in [0, 0.1) is 0 Å². The van der Waals surface area contributed by atoms with Crippen molar-refractivity contribution in [1.29, 1.82) is 0 Å². The van der Waals surface area contributed by atoms with Crippen LogP contribution in [-0.4, -0.2) is 28.3 Å². The molecule has 0 N–H and O–H groups in total. The number of sulfone groups is 2. The third-order valence-electron chi connectivity index (χ3n) is 1.33. The summed E-state index contributed by atoms with van der Waals surface area (Å²) in [6, 6.07) is 0. The third kappa shape index (κ3) is 5.71. The summed E-state index contributed by atoms with van der Waals surface area (Å²) in [5.41, 5.74) is 0. The Balaban J connectivity index is 4.25. The molecule has 0 rings (SSSR count). The second kappa shape index (κ2) is 5.11. The van der Waals surface area contributed by atoms with Gasteiger partial charge in [-0.3, -0.25) is 0 Å². The fourth-order valence-electron chi connectivity index (χ4n) is 0.540. The summed E-state index contributed by atoms with van der Waals surface area (Å²) in [5.74, 6) is -0.466. The van der Waals surface area contributed by atoms with E-state index >= 15 is 0 Å². The maximum absolute atomic E-state index is 10.9. The molecule has 80 valence electrons. The molecule has 0 unspecified atom stereocenters. The van der Waals surface area contributed by atoms with Crippen molar-refractivity contribution < 1.29 is 16.8 Å². The normalized spacial score (nSPS) is 12.9. The van der Waals surface area contributed by atoms with Gasteiger partial charge in [0.15, 0.2) is 19.7 Å². The first-order chi connectivity index (χ1) is 6.33. The van der Waals surface area contributed by atoms with Crippen molar-refractivity contribution in [2.45, 2.75) is 0 Å². The minimum absolute atomic E-state index is 0.233. The van der Waals surface area contributed by atoms with Crippen LogP contribution in [0.15, 0.2) is 36.1 Å². The molecule has 0 aromatic rings. The average Bonchev–Trinajstić information content (AvgIpc) is 2.13. The van der Waals surface area contributed by atoms with Gasteiger partial charge in [0.1, 0.15) is 0 Å². The highest BCUT2D eigenvalue weighted by molar-refractivity contribution is 7.94. The van der Waals surface area contributed by atoms with Crippen molar-refractivity contribution in [3.63, 3.8) is 0 Å². The SMILES string of the molecule is C=CS(=O)(=O)CC=CCS(=O)(=O)C=C. The van der Waals surface area contributed by atoms with E-state index < -0.39 is 19.7 Å². The fourth-order valence-corrected chi connectivity index (χ4v) is 1.62. The van der Waals surface area contributed by atoms with Gasteiger partial charge in [-0.15, -0.1) is 0 Å². The van der Waals surface area contributed by atoms with E-state index in [-0.39, 0.29) is 11.5 Å². The van der Waals surface area contributed by atoms with Crippen LogP contribution in [0.25, 0.3) is 0 Å². The molecule has 4 nitrogen and oxygen atoms in total. The van der Waals surface area contributed by atoms with Crippen molar-refractivity contribution >= 4 is 19.7 Å².